The minimum absolute atomic E-state index is 0.743. The number of hydrogen-bond acceptors (Lipinski definition) is 4. The quantitative estimate of drug-likeness (QED) is 0.604. The molecule has 4 rings (SSSR count). The second kappa shape index (κ2) is 5.87. The Balaban J connectivity index is 1.83. The van der Waals surface area contributed by atoms with Crippen molar-refractivity contribution in [2.75, 3.05) is 0 Å². The van der Waals surface area contributed by atoms with Crippen molar-refractivity contribution in [1.29, 1.82) is 0 Å². The van der Waals surface area contributed by atoms with Gasteiger partial charge < -0.3 is 0 Å². The Bertz CT molecular complexity index is 842. The molecule has 0 fully saturated rings. The first-order valence-corrected chi connectivity index (χ1v) is 9.84. The van der Waals surface area contributed by atoms with Gasteiger partial charge in [-0.15, -0.1) is 0 Å². The Morgan fingerprint density at radius 3 is 2.09 bits per heavy atom. The number of rotatable bonds is 2. The van der Waals surface area contributed by atoms with Crippen molar-refractivity contribution >= 4 is 49.1 Å². The highest BCUT2D eigenvalue weighted by Crippen LogP contribution is 2.45. The third kappa shape index (κ3) is 2.47. The van der Waals surface area contributed by atoms with Crippen molar-refractivity contribution in [3.05, 3.63) is 76.7 Å². The summed E-state index contributed by atoms with van der Waals surface area (Å²) in [6.45, 7) is 0. The van der Waals surface area contributed by atoms with Crippen molar-refractivity contribution < 1.29 is 4.21 Å². The summed E-state index contributed by atoms with van der Waals surface area (Å²) >= 11 is 1.43. The van der Waals surface area contributed by atoms with Gasteiger partial charge in [0.15, 0.2) is 0 Å². The van der Waals surface area contributed by atoms with E-state index in [9.17, 15) is 4.21 Å². The van der Waals surface area contributed by atoms with Gasteiger partial charge >= 0.3 is 0 Å². The van der Waals surface area contributed by atoms with E-state index in [4.69, 9.17) is 0 Å². The van der Waals surface area contributed by atoms with Crippen LogP contribution in [0.5, 0.6) is 0 Å². The van der Waals surface area contributed by atoms with Crippen LogP contribution in [-0.2, 0) is 10.0 Å². The molecule has 0 N–H and O–H groups in total. The van der Waals surface area contributed by atoms with Crippen molar-refractivity contribution in [3.63, 3.8) is 0 Å². The average molecular weight is 342 g/mol. The van der Waals surface area contributed by atoms with E-state index in [0.29, 0.717) is 0 Å². The van der Waals surface area contributed by atoms with Crippen molar-refractivity contribution in [2.45, 2.75) is 0 Å². The van der Waals surface area contributed by atoms with Crippen LogP contribution < -0.4 is 0 Å². The second-order valence-electron chi connectivity index (χ2n) is 4.66. The second-order valence-corrected chi connectivity index (χ2v) is 7.98. The molecular formula is C16H10N2OS3. The summed E-state index contributed by atoms with van der Waals surface area (Å²) in [6, 6.07) is 20.0. The summed E-state index contributed by atoms with van der Waals surface area (Å²) in [6.07, 6.45) is 0. The van der Waals surface area contributed by atoms with Crippen molar-refractivity contribution in [3.8, 4) is 0 Å². The molecule has 6 heteroatoms. The molecule has 3 nitrogen and oxygen atoms in total. The smallest absolute Gasteiger partial charge is 0.207 e. The molecule has 0 amide bonds. The zero-order chi connectivity index (χ0) is 14.9. The summed E-state index contributed by atoms with van der Waals surface area (Å²) in [7, 11) is 0.0182. The monoisotopic (exact) mass is 342 g/mol. The van der Waals surface area contributed by atoms with Crippen LogP contribution in [0.25, 0.3) is 4.91 Å². The highest BCUT2D eigenvalue weighted by Gasteiger charge is 2.32. The van der Waals surface area contributed by atoms with Crippen LogP contribution in [0.2, 0.25) is 0 Å². The molecule has 2 aromatic rings. The van der Waals surface area contributed by atoms with Gasteiger partial charge in [0.05, 0.1) is 9.81 Å². The Labute approximate surface area is 138 Å². The fourth-order valence-corrected chi connectivity index (χ4v) is 5.70. The predicted octanol–water partition coefficient (Wildman–Crippen LogP) is 4.27. The number of hydrogen-bond donors (Lipinski definition) is 0. The van der Waals surface area contributed by atoms with E-state index in [1.807, 2.05) is 60.7 Å². The zero-order valence-electron chi connectivity index (χ0n) is 11.3. The SMILES string of the molecule is O=S1N=C2C(c3ccccc3)=NSC(c3ccccc3)=C2S1. The topological polar surface area (TPSA) is 41.8 Å². The lowest BCUT2D eigenvalue weighted by Crippen LogP contribution is -2.17. The Morgan fingerprint density at radius 2 is 1.41 bits per heavy atom. The third-order valence-electron chi connectivity index (χ3n) is 3.28. The van der Waals surface area contributed by atoms with Gasteiger partial charge in [0.1, 0.15) is 11.4 Å². The van der Waals surface area contributed by atoms with E-state index >= 15 is 0 Å². The molecule has 0 spiro atoms. The summed E-state index contributed by atoms with van der Waals surface area (Å²) in [5.74, 6) is 0. The van der Waals surface area contributed by atoms with Gasteiger partial charge in [-0.3, -0.25) is 0 Å². The van der Waals surface area contributed by atoms with E-state index < -0.39 is 10.0 Å². The molecule has 0 bridgehead atoms. The molecule has 2 aliphatic rings. The van der Waals surface area contributed by atoms with Crippen LogP contribution in [-0.4, -0.2) is 15.6 Å². The van der Waals surface area contributed by atoms with Crippen LogP contribution >= 0.6 is 22.7 Å². The van der Waals surface area contributed by atoms with Gasteiger partial charge in [0, 0.05) is 28.3 Å². The van der Waals surface area contributed by atoms with E-state index in [1.165, 1.54) is 22.7 Å². The largest absolute Gasteiger partial charge is 0.222 e. The lowest BCUT2D eigenvalue weighted by atomic mass is 10.0. The molecule has 1 atom stereocenters. The van der Waals surface area contributed by atoms with Gasteiger partial charge in [0.25, 0.3) is 0 Å². The van der Waals surface area contributed by atoms with Gasteiger partial charge in [-0.05, 0) is 5.56 Å². The fraction of sp³-hybridized carbons (Fsp3) is 0. The first-order chi connectivity index (χ1) is 10.8. The molecule has 2 aromatic carbocycles. The van der Waals surface area contributed by atoms with Crippen LogP contribution in [0.15, 0.2) is 74.4 Å². The number of allylic oxidation sites excluding steroid dienone is 1. The van der Waals surface area contributed by atoms with Crippen molar-refractivity contribution in [2.24, 2.45) is 8.80 Å². The normalized spacial score (nSPS) is 20.5. The minimum Gasteiger partial charge on any atom is -0.222 e. The summed E-state index contributed by atoms with van der Waals surface area (Å²) in [5, 5.41) is 0. The highest BCUT2D eigenvalue weighted by molar-refractivity contribution is 8.71. The van der Waals surface area contributed by atoms with E-state index in [1.54, 1.807) is 0 Å². The van der Waals surface area contributed by atoms with E-state index in [2.05, 4.69) is 8.80 Å². The molecule has 0 aromatic heterocycles. The molecule has 1 unspecified atom stereocenters. The van der Waals surface area contributed by atoms with Gasteiger partial charge in [-0.25, -0.2) is 8.61 Å². The number of nitrogens with zero attached hydrogens (tertiary/aromatic N) is 2. The average Bonchev–Trinajstić information content (AvgIpc) is 2.97. The first kappa shape index (κ1) is 14.0. The molecule has 0 saturated heterocycles. The molecule has 0 radical (unpaired) electrons. The molecule has 0 saturated carbocycles. The minimum atomic E-state index is -1.28. The standard InChI is InChI=1S/C16H10N2OS3/c19-22-18-14-13(11-7-3-1-4-8-11)17-20-15(16(14)21-22)12-9-5-2-6-10-12/h1-10H. The molecule has 2 heterocycles. The predicted molar refractivity (Wildman–Crippen MR) is 97.1 cm³/mol. The highest BCUT2D eigenvalue weighted by atomic mass is 33.1. The first-order valence-electron chi connectivity index (χ1n) is 6.63. The fourth-order valence-electron chi connectivity index (χ4n) is 2.28. The van der Waals surface area contributed by atoms with Gasteiger partial charge in [-0.2, -0.15) is 4.40 Å². The molecule has 108 valence electrons. The van der Waals surface area contributed by atoms with E-state index in [-0.39, 0.29) is 0 Å². The van der Waals surface area contributed by atoms with Crippen molar-refractivity contribution in [1.82, 2.24) is 0 Å². The lowest BCUT2D eigenvalue weighted by molar-refractivity contribution is 0.693. The van der Waals surface area contributed by atoms with Crippen LogP contribution in [0.4, 0.5) is 0 Å². The molecule has 22 heavy (non-hydrogen) atoms. The lowest BCUT2D eigenvalue weighted by Gasteiger charge is -2.16. The maximum absolute atomic E-state index is 12.0. The van der Waals surface area contributed by atoms with E-state index in [0.717, 1.165) is 32.4 Å². The Hall–Kier alpha value is -1.63. The summed E-state index contributed by atoms with van der Waals surface area (Å²) < 4.78 is 20.9. The van der Waals surface area contributed by atoms with Crippen LogP contribution in [0, 0.1) is 0 Å². The molecule has 0 aliphatic carbocycles. The molecule has 2 aliphatic heterocycles. The summed E-state index contributed by atoms with van der Waals surface area (Å²) in [4.78, 5) is 1.98. The van der Waals surface area contributed by atoms with Crippen LogP contribution in [0.1, 0.15) is 11.1 Å². The number of benzene rings is 2. The Morgan fingerprint density at radius 1 is 0.773 bits per heavy atom. The maximum Gasteiger partial charge on any atom is 0.207 e. The zero-order valence-corrected chi connectivity index (χ0v) is 13.8. The maximum atomic E-state index is 12.0. The van der Waals surface area contributed by atoms with Gasteiger partial charge in [0.2, 0.25) is 10.0 Å². The summed E-state index contributed by atoms with van der Waals surface area (Å²) in [5.41, 5.74) is 3.63. The molecular weight excluding hydrogens is 332 g/mol. The third-order valence-corrected chi connectivity index (χ3v) is 6.49. The Kier molecular flexibility index (Phi) is 3.73. The number of fused-ring (bicyclic) bond motifs is 1. The van der Waals surface area contributed by atoms with Gasteiger partial charge in [-0.1, -0.05) is 60.7 Å². The van der Waals surface area contributed by atoms with Crippen LogP contribution in [0.3, 0.4) is 0 Å².